The summed E-state index contributed by atoms with van der Waals surface area (Å²) in [7, 11) is 0. The summed E-state index contributed by atoms with van der Waals surface area (Å²) in [5, 5.41) is 3.65. The predicted molar refractivity (Wildman–Crippen MR) is 81.5 cm³/mol. The van der Waals surface area contributed by atoms with Gasteiger partial charge in [0.1, 0.15) is 0 Å². The van der Waals surface area contributed by atoms with Crippen LogP contribution < -0.4 is 10.2 Å². The lowest BCUT2D eigenvalue weighted by Crippen LogP contribution is -2.31. The zero-order valence-electron chi connectivity index (χ0n) is 12.2. The van der Waals surface area contributed by atoms with Crippen LogP contribution in [0.1, 0.15) is 45.1 Å². The van der Waals surface area contributed by atoms with Crippen LogP contribution in [0.4, 0.5) is 5.69 Å². The molecule has 0 aromatic heterocycles. The number of rotatable bonds is 7. The lowest BCUT2D eigenvalue weighted by molar-refractivity contribution is 0.602. The van der Waals surface area contributed by atoms with E-state index in [0.717, 1.165) is 24.5 Å². The van der Waals surface area contributed by atoms with Gasteiger partial charge in [0.25, 0.3) is 0 Å². The third-order valence-corrected chi connectivity index (χ3v) is 4.01. The molecule has 2 fully saturated rings. The average molecular weight is 258 g/mol. The van der Waals surface area contributed by atoms with Crippen molar-refractivity contribution in [3.05, 3.63) is 29.8 Å². The molecule has 0 spiro atoms. The Balaban J connectivity index is 1.75. The Labute approximate surface area is 117 Å². The molecule has 0 bridgehead atoms. The summed E-state index contributed by atoms with van der Waals surface area (Å²) < 4.78 is 0. The number of benzene rings is 1. The van der Waals surface area contributed by atoms with Crippen molar-refractivity contribution in [1.29, 1.82) is 0 Å². The molecular formula is C17H26N2. The highest BCUT2D eigenvalue weighted by Crippen LogP contribution is 2.34. The van der Waals surface area contributed by atoms with Crippen molar-refractivity contribution in [2.24, 2.45) is 5.92 Å². The molecule has 0 radical (unpaired) electrons. The van der Waals surface area contributed by atoms with Gasteiger partial charge in [0.05, 0.1) is 0 Å². The van der Waals surface area contributed by atoms with Crippen LogP contribution in [-0.4, -0.2) is 18.6 Å². The van der Waals surface area contributed by atoms with Gasteiger partial charge in [-0.25, -0.2) is 0 Å². The van der Waals surface area contributed by atoms with Gasteiger partial charge in [-0.05, 0) is 43.2 Å². The Morgan fingerprint density at radius 1 is 1.16 bits per heavy atom. The molecule has 0 amide bonds. The smallest absolute Gasteiger partial charge is 0.0414 e. The van der Waals surface area contributed by atoms with E-state index in [1.165, 1.54) is 43.5 Å². The molecule has 0 atom stereocenters. The number of nitrogens with one attached hydrogen (secondary N) is 1. The number of para-hydroxylation sites is 1. The normalized spacial score (nSPS) is 18.9. The average Bonchev–Trinajstić information content (AvgIpc) is 3.28. The zero-order valence-corrected chi connectivity index (χ0v) is 12.2. The van der Waals surface area contributed by atoms with Crippen molar-refractivity contribution in [3.63, 3.8) is 0 Å². The summed E-state index contributed by atoms with van der Waals surface area (Å²) in [5.41, 5.74) is 2.94. The molecule has 2 aliphatic rings. The van der Waals surface area contributed by atoms with Crippen molar-refractivity contribution in [2.75, 3.05) is 11.4 Å². The van der Waals surface area contributed by atoms with Crippen molar-refractivity contribution < 1.29 is 0 Å². The molecule has 2 aliphatic carbocycles. The van der Waals surface area contributed by atoms with E-state index in [9.17, 15) is 0 Å². The number of anilines is 1. The van der Waals surface area contributed by atoms with Gasteiger partial charge in [-0.1, -0.05) is 32.0 Å². The first-order valence-corrected chi connectivity index (χ1v) is 7.82. The summed E-state index contributed by atoms with van der Waals surface area (Å²) in [5.74, 6) is 0.727. The first-order valence-electron chi connectivity index (χ1n) is 7.82. The number of hydrogen-bond acceptors (Lipinski definition) is 2. The molecule has 2 saturated carbocycles. The van der Waals surface area contributed by atoms with Gasteiger partial charge >= 0.3 is 0 Å². The van der Waals surface area contributed by atoms with Gasteiger partial charge in [0.15, 0.2) is 0 Å². The fraction of sp³-hybridized carbons (Fsp3) is 0.647. The van der Waals surface area contributed by atoms with Gasteiger partial charge in [0.2, 0.25) is 0 Å². The first kappa shape index (κ1) is 13.0. The minimum atomic E-state index is 0.727. The van der Waals surface area contributed by atoms with Gasteiger partial charge in [-0.3, -0.25) is 0 Å². The molecular weight excluding hydrogens is 232 g/mol. The van der Waals surface area contributed by atoms with Gasteiger partial charge in [-0.2, -0.15) is 0 Å². The molecule has 0 aliphatic heterocycles. The van der Waals surface area contributed by atoms with E-state index in [4.69, 9.17) is 0 Å². The molecule has 0 saturated heterocycles. The predicted octanol–water partition coefficient (Wildman–Crippen LogP) is 3.56. The van der Waals surface area contributed by atoms with Gasteiger partial charge in [0, 0.05) is 30.9 Å². The Bertz CT molecular complexity index is 419. The molecule has 104 valence electrons. The van der Waals surface area contributed by atoms with Gasteiger partial charge < -0.3 is 10.2 Å². The van der Waals surface area contributed by atoms with Crippen molar-refractivity contribution in [2.45, 2.75) is 58.2 Å². The molecule has 19 heavy (non-hydrogen) atoms. The van der Waals surface area contributed by atoms with Crippen molar-refractivity contribution >= 4 is 5.69 Å². The minimum Gasteiger partial charge on any atom is -0.368 e. The largest absolute Gasteiger partial charge is 0.368 e. The maximum absolute atomic E-state index is 3.65. The third kappa shape index (κ3) is 3.50. The van der Waals surface area contributed by atoms with Crippen LogP contribution in [0.25, 0.3) is 0 Å². The molecule has 2 nitrogen and oxygen atoms in total. The zero-order chi connectivity index (χ0) is 13.2. The third-order valence-electron chi connectivity index (χ3n) is 4.01. The van der Waals surface area contributed by atoms with Crippen molar-refractivity contribution in [3.8, 4) is 0 Å². The molecule has 0 unspecified atom stereocenters. The fourth-order valence-corrected chi connectivity index (χ4v) is 2.71. The van der Waals surface area contributed by atoms with E-state index in [1.807, 2.05) is 0 Å². The highest BCUT2D eigenvalue weighted by Gasteiger charge is 2.30. The fourth-order valence-electron chi connectivity index (χ4n) is 2.71. The summed E-state index contributed by atoms with van der Waals surface area (Å²) in [6, 6.07) is 10.5. The van der Waals surface area contributed by atoms with E-state index in [2.05, 4.69) is 48.3 Å². The second-order valence-electron chi connectivity index (χ2n) is 6.56. The standard InChI is InChI=1S/C17H26N2/c1-13(2)12-19(16-9-10-16)17-6-4-3-5-14(17)11-18-15-7-8-15/h3-6,13,15-16,18H,7-12H2,1-2H3. The molecule has 3 rings (SSSR count). The van der Waals surface area contributed by atoms with E-state index in [-0.39, 0.29) is 0 Å². The quantitative estimate of drug-likeness (QED) is 0.804. The summed E-state index contributed by atoms with van der Waals surface area (Å²) >= 11 is 0. The Kier molecular flexibility index (Phi) is 3.79. The lowest BCUT2D eigenvalue weighted by atomic mass is 10.1. The second kappa shape index (κ2) is 5.54. The number of hydrogen-bond donors (Lipinski definition) is 1. The highest BCUT2D eigenvalue weighted by atomic mass is 15.2. The Morgan fingerprint density at radius 3 is 2.53 bits per heavy atom. The molecule has 2 heteroatoms. The van der Waals surface area contributed by atoms with Gasteiger partial charge in [-0.15, -0.1) is 0 Å². The van der Waals surface area contributed by atoms with Crippen LogP contribution in [0.2, 0.25) is 0 Å². The summed E-state index contributed by atoms with van der Waals surface area (Å²) in [6.45, 7) is 6.86. The highest BCUT2D eigenvalue weighted by molar-refractivity contribution is 5.55. The Hall–Kier alpha value is -1.02. The topological polar surface area (TPSA) is 15.3 Å². The minimum absolute atomic E-state index is 0.727. The van der Waals surface area contributed by atoms with Crippen LogP contribution in [0.5, 0.6) is 0 Å². The van der Waals surface area contributed by atoms with E-state index < -0.39 is 0 Å². The van der Waals surface area contributed by atoms with Crippen LogP contribution in [0, 0.1) is 5.92 Å². The maximum atomic E-state index is 3.65. The van der Waals surface area contributed by atoms with Crippen LogP contribution in [0.3, 0.4) is 0 Å². The molecule has 1 N–H and O–H groups in total. The SMILES string of the molecule is CC(C)CN(c1ccccc1CNC1CC1)C1CC1. The lowest BCUT2D eigenvalue weighted by Gasteiger charge is -2.29. The number of nitrogens with zero attached hydrogens (tertiary/aromatic N) is 1. The summed E-state index contributed by atoms with van der Waals surface area (Å²) in [4.78, 5) is 2.65. The summed E-state index contributed by atoms with van der Waals surface area (Å²) in [6.07, 6.45) is 5.47. The molecule has 1 aromatic carbocycles. The second-order valence-corrected chi connectivity index (χ2v) is 6.56. The van der Waals surface area contributed by atoms with Crippen LogP contribution >= 0.6 is 0 Å². The van der Waals surface area contributed by atoms with Crippen LogP contribution in [0.15, 0.2) is 24.3 Å². The molecule has 0 heterocycles. The monoisotopic (exact) mass is 258 g/mol. The molecule has 1 aromatic rings. The van der Waals surface area contributed by atoms with Crippen molar-refractivity contribution in [1.82, 2.24) is 5.32 Å². The maximum Gasteiger partial charge on any atom is 0.0414 e. The van der Waals surface area contributed by atoms with Crippen LogP contribution in [-0.2, 0) is 6.54 Å². The van der Waals surface area contributed by atoms with E-state index >= 15 is 0 Å². The Morgan fingerprint density at radius 2 is 1.89 bits per heavy atom. The first-order chi connectivity index (χ1) is 9.24. The van der Waals surface area contributed by atoms with E-state index in [1.54, 1.807) is 0 Å². The van der Waals surface area contributed by atoms with E-state index in [0.29, 0.717) is 0 Å².